The lowest BCUT2D eigenvalue weighted by molar-refractivity contribution is 0.0957. The second-order valence-corrected chi connectivity index (χ2v) is 4.79. The lowest BCUT2D eigenvalue weighted by Gasteiger charge is -2.16. The molecular weight excluding hydrogens is 295 g/mol. The highest BCUT2D eigenvalue weighted by Gasteiger charge is 2.15. The van der Waals surface area contributed by atoms with E-state index in [-0.39, 0.29) is 17.6 Å². The summed E-state index contributed by atoms with van der Waals surface area (Å²) in [5, 5.41) is 13.5. The normalized spacial score (nSPS) is 11.8. The first-order chi connectivity index (χ1) is 10.0. The number of nitrogens with one attached hydrogen (secondary N) is 2. The minimum Gasteiger partial charge on any atom is -0.362 e. The molecule has 1 unspecified atom stereocenters. The van der Waals surface area contributed by atoms with Crippen molar-refractivity contribution in [1.29, 1.82) is 0 Å². The molecule has 2 N–H and O–H groups in total. The number of carbonyl (C=O) groups excluding carboxylic acids is 1. The van der Waals surface area contributed by atoms with Crippen molar-refractivity contribution < 1.29 is 9.18 Å². The summed E-state index contributed by atoms with van der Waals surface area (Å²) < 4.78 is 13.8. The van der Waals surface area contributed by atoms with E-state index >= 15 is 0 Å². The van der Waals surface area contributed by atoms with Gasteiger partial charge in [0.25, 0.3) is 5.91 Å². The Balaban J connectivity index is 2.16. The molecular formula is C14H14ClFN4O. The van der Waals surface area contributed by atoms with Gasteiger partial charge in [-0.2, -0.15) is 0 Å². The Labute approximate surface area is 126 Å². The third-order valence-corrected chi connectivity index (χ3v) is 3.25. The maximum Gasteiger partial charge on any atom is 0.271 e. The second kappa shape index (κ2) is 6.49. The van der Waals surface area contributed by atoms with E-state index in [0.29, 0.717) is 16.4 Å². The molecule has 0 aliphatic heterocycles. The number of benzene rings is 1. The number of nitrogens with zero attached hydrogens (tertiary/aromatic N) is 2. The van der Waals surface area contributed by atoms with E-state index in [9.17, 15) is 9.18 Å². The number of aromatic nitrogens is 2. The minimum atomic E-state index is -0.391. The molecule has 0 radical (unpaired) electrons. The van der Waals surface area contributed by atoms with Gasteiger partial charge in [-0.1, -0.05) is 17.7 Å². The van der Waals surface area contributed by atoms with Crippen LogP contribution in [0.4, 0.5) is 10.2 Å². The number of rotatable bonds is 4. The smallest absolute Gasteiger partial charge is 0.271 e. The molecule has 0 aliphatic rings. The van der Waals surface area contributed by atoms with Gasteiger partial charge in [0, 0.05) is 17.6 Å². The molecule has 110 valence electrons. The molecule has 0 bridgehead atoms. The molecule has 7 heteroatoms. The molecule has 0 spiro atoms. The van der Waals surface area contributed by atoms with Crippen LogP contribution in [0.15, 0.2) is 30.3 Å². The highest BCUT2D eigenvalue weighted by molar-refractivity contribution is 6.31. The monoisotopic (exact) mass is 308 g/mol. The number of carbonyl (C=O) groups is 1. The van der Waals surface area contributed by atoms with Crippen molar-refractivity contribution in [2.24, 2.45) is 0 Å². The standard InChI is InChI=1S/C14H14ClFN4O/c1-8(13-9(15)4-3-5-10(13)16)18-12-7-6-11(19-20-12)14(21)17-2/h3-8H,1-2H3,(H,17,21)(H,18,20). The van der Waals surface area contributed by atoms with Crippen molar-refractivity contribution in [3.05, 3.63) is 52.4 Å². The van der Waals surface area contributed by atoms with Crippen LogP contribution in [0.25, 0.3) is 0 Å². The van der Waals surface area contributed by atoms with Crippen molar-refractivity contribution in [2.45, 2.75) is 13.0 Å². The molecule has 2 aromatic rings. The third-order valence-electron chi connectivity index (χ3n) is 2.92. The van der Waals surface area contributed by atoms with Crippen LogP contribution < -0.4 is 10.6 Å². The molecule has 2 rings (SSSR count). The van der Waals surface area contributed by atoms with Gasteiger partial charge in [-0.15, -0.1) is 10.2 Å². The summed E-state index contributed by atoms with van der Waals surface area (Å²) in [5.41, 5.74) is 0.566. The first-order valence-corrected chi connectivity index (χ1v) is 6.67. The molecule has 1 heterocycles. The molecule has 1 aromatic carbocycles. The predicted octanol–water partition coefficient (Wildman–Crippen LogP) is 2.80. The summed E-state index contributed by atoms with van der Waals surface area (Å²) in [7, 11) is 1.51. The largest absolute Gasteiger partial charge is 0.362 e. The molecule has 21 heavy (non-hydrogen) atoms. The first kappa shape index (κ1) is 15.2. The van der Waals surface area contributed by atoms with E-state index < -0.39 is 5.82 Å². The summed E-state index contributed by atoms with van der Waals surface area (Å²) in [4.78, 5) is 11.4. The van der Waals surface area contributed by atoms with E-state index in [1.54, 1.807) is 25.1 Å². The van der Waals surface area contributed by atoms with Crippen LogP contribution >= 0.6 is 11.6 Å². The minimum absolute atomic E-state index is 0.208. The number of amides is 1. The molecule has 0 saturated heterocycles. The quantitative estimate of drug-likeness (QED) is 0.911. The van der Waals surface area contributed by atoms with Gasteiger partial charge in [0.2, 0.25) is 0 Å². The molecule has 0 saturated carbocycles. The highest BCUT2D eigenvalue weighted by Crippen LogP contribution is 2.27. The third kappa shape index (κ3) is 3.46. The first-order valence-electron chi connectivity index (χ1n) is 6.29. The number of anilines is 1. The van der Waals surface area contributed by atoms with Crippen LogP contribution in [0, 0.1) is 5.82 Å². The maximum absolute atomic E-state index is 13.8. The van der Waals surface area contributed by atoms with Gasteiger partial charge in [0.15, 0.2) is 5.69 Å². The van der Waals surface area contributed by atoms with Crippen LogP contribution in [-0.4, -0.2) is 23.2 Å². The maximum atomic E-state index is 13.8. The number of hydrogen-bond donors (Lipinski definition) is 2. The average Bonchev–Trinajstić information content (AvgIpc) is 2.47. The summed E-state index contributed by atoms with van der Waals surface area (Å²) >= 11 is 6.01. The van der Waals surface area contributed by atoms with E-state index in [4.69, 9.17) is 11.6 Å². The van der Waals surface area contributed by atoms with Crippen molar-refractivity contribution in [3.63, 3.8) is 0 Å². The fourth-order valence-corrected chi connectivity index (χ4v) is 2.20. The van der Waals surface area contributed by atoms with Crippen LogP contribution in [0.3, 0.4) is 0 Å². The van der Waals surface area contributed by atoms with Gasteiger partial charge in [-0.3, -0.25) is 4.79 Å². The van der Waals surface area contributed by atoms with Crippen LogP contribution in [0.5, 0.6) is 0 Å². The van der Waals surface area contributed by atoms with Crippen LogP contribution in [0.1, 0.15) is 29.0 Å². The molecule has 1 aromatic heterocycles. The van der Waals surface area contributed by atoms with Gasteiger partial charge < -0.3 is 10.6 Å². The Morgan fingerprint density at radius 3 is 2.62 bits per heavy atom. The van der Waals surface area contributed by atoms with E-state index in [1.807, 2.05) is 0 Å². The lowest BCUT2D eigenvalue weighted by atomic mass is 10.1. The highest BCUT2D eigenvalue weighted by atomic mass is 35.5. The van der Waals surface area contributed by atoms with E-state index in [2.05, 4.69) is 20.8 Å². The summed E-state index contributed by atoms with van der Waals surface area (Å²) in [6.07, 6.45) is 0. The summed E-state index contributed by atoms with van der Waals surface area (Å²) in [5.74, 6) is -0.286. The summed E-state index contributed by atoms with van der Waals surface area (Å²) in [6.45, 7) is 1.76. The predicted molar refractivity (Wildman–Crippen MR) is 78.9 cm³/mol. The topological polar surface area (TPSA) is 66.9 Å². The Morgan fingerprint density at radius 1 is 1.29 bits per heavy atom. The zero-order valence-corrected chi connectivity index (χ0v) is 12.3. The molecule has 0 aliphatic carbocycles. The summed E-state index contributed by atoms with van der Waals surface area (Å²) in [6, 6.07) is 7.26. The van der Waals surface area contributed by atoms with Gasteiger partial charge in [0.1, 0.15) is 11.6 Å². The van der Waals surface area contributed by atoms with Crippen molar-refractivity contribution in [3.8, 4) is 0 Å². The Hall–Kier alpha value is -2.21. The van der Waals surface area contributed by atoms with Crippen LogP contribution in [0.2, 0.25) is 5.02 Å². The second-order valence-electron chi connectivity index (χ2n) is 4.38. The van der Waals surface area contributed by atoms with Gasteiger partial charge in [-0.05, 0) is 31.2 Å². The Kier molecular flexibility index (Phi) is 4.70. The fourth-order valence-electron chi connectivity index (χ4n) is 1.88. The van der Waals surface area contributed by atoms with E-state index in [0.717, 1.165) is 0 Å². The fraction of sp³-hybridized carbons (Fsp3) is 0.214. The molecule has 5 nitrogen and oxygen atoms in total. The zero-order chi connectivity index (χ0) is 15.4. The van der Waals surface area contributed by atoms with Gasteiger partial charge >= 0.3 is 0 Å². The van der Waals surface area contributed by atoms with Gasteiger partial charge in [0.05, 0.1) is 6.04 Å². The molecule has 1 atom stereocenters. The molecule has 0 fully saturated rings. The number of hydrogen-bond acceptors (Lipinski definition) is 4. The number of halogens is 2. The lowest BCUT2D eigenvalue weighted by Crippen LogP contribution is -2.20. The zero-order valence-electron chi connectivity index (χ0n) is 11.5. The Bertz CT molecular complexity index is 628. The van der Waals surface area contributed by atoms with Crippen molar-refractivity contribution in [1.82, 2.24) is 15.5 Å². The van der Waals surface area contributed by atoms with Gasteiger partial charge in [-0.25, -0.2) is 4.39 Å². The van der Waals surface area contributed by atoms with Crippen molar-refractivity contribution >= 4 is 23.3 Å². The SMILES string of the molecule is CNC(=O)c1ccc(NC(C)c2c(F)cccc2Cl)nn1. The Morgan fingerprint density at radius 2 is 2.05 bits per heavy atom. The van der Waals surface area contributed by atoms with Crippen LogP contribution in [-0.2, 0) is 0 Å². The van der Waals surface area contributed by atoms with Crippen molar-refractivity contribution in [2.75, 3.05) is 12.4 Å². The average molecular weight is 309 g/mol. The van der Waals surface area contributed by atoms with E-state index in [1.165, 1.54) is 19.2 Å². The molecule has 1 amide bonds.